The van der Waals surface area contributed by atoms with E-state index in [1.165, 1.54) is 44.5 Å². The van der Waals surface area contributed by atoms with Gasteiger partial charge in [-0.05, 0) is 43.2 Å². The lowest BCUT2D eigenvalue weighted by atomic mass is 9.74. The Labute approximate surface area is 222 Å². The molecule has 9 nitrogen and oxygen atoms in total. The molecule has 1 aliphatic carbocycles. The predicted molar refractivity (Wildman–Crippen MR) is 127 cm³/mol. The van der Waals surface area contributed by atoms with E-state index >= 15 is 0 Å². The average Bonchev–Trinajstić information content (AvgIpc) is 3.26. The van der Waals surface area contributed by atoms with Crippen LogP contribution in [-0.4, -0.2) is 103 Å². The second-order valence-corrected chi connectivity index (χ2v) is 9.38. The van der Waals surface area contributed by atoms with E-state index in [-0.39, 0.29) is 0 Å². The number of alkyl halides is 6. The van der Waals surface area contributed by atoms with E-state index in [1.807, 2.05) is 12.3 Å². The number of likely N-dealkylation sites (tertiary alicyclic amines) is 1. The largest absolute Gasteiger partial charge is 0.490 e. The summed E-state index contributed by atoms with van der Waals surface area (Å²) >= 11 is 0. The molecule has 0 spiro atoms. The first-order valence-corrected chi connectivity index (χ1v) is 12.1. The number of pyridine rings is 1. The molecule has 0 bridgehead atoms. The van der Waals surface area contributed by atoms with Gasteiger partial charge >= 0.3 is 24.3 Å². The molecule has 39 heavy (non-hydrogen) atoms. The van der Waals surface area contributed by atoms with Crippen molar-refractivity contribution in [2.24, 2.45) is 17.8 Å². The second-order valence-electron chi connectivity index (χ2n) is 9.38. The number of ether oxygens (including phenoxy) is 2. The van der Waals surface area contributed by atoms with E-state index in [4.69, 9.17) is 29.3 Å². The number of carboxylic acids is 2. The Balaban J connectivity index is 0.000000449. The first kappa shape index (κ1) is 34.4. The zero-order valence-corrected chi connectivity index (χ0v) is 22.0. The topological polar surface area (TPSA) is 112 Å². The van der Waals surface area contributed by atoms with Crippen LogP contribution in [0.4, 0.5) is 26.3 Å². The summed E-state index contributed by atoms with van der Waals surface area (Å²) in [5, 5.41) is 14.2. The number of fused-ring (bicyclic) bond motifs is 1. The SMILES string of the molecule is COCCN(C)C[C@@H]1CCC[C@@H]2CN(Cc3ccc(OC)nc3)C[C@@H]21.O=C(O)C(F)(F)F.O=C(O)C(F)(F)F. The van der Waals surface area contributed by atoms with Gasteiger partial charge in [-0.3, -0.25) is 4.90 Å². The van der Waals surface area contributed by atoms with E-state index in [9.17, 15) is 26.3 Å². The number of halogens is 6. The number of carbonyl (C=O) groups is 2. The number of rotatable bonds is 8. The molecule has 1 aromatic rings. The summed E-state index contributed by atoms with van der Waals surface area (Å²) in [6.45, 7) is 6.56. The molecule has 2 fully saturated rings. The van der Waals surface area contributed by atoms with Crippen LogP contribution >= 0.6 is 0 Å². The number of methoxy groups -OCH3 is 2. The third-order valence-corrected chi connectivity index (χ3v) is 6.44. The molecule has 0 aromatic carbocycles. The van der Waals surface area contributed by atoms with Gasteiger partial charge in [-0.1, -0.05) is 12.5 Å². The minimum Gasteiger partial charge on any atom is -0.481 e. The van der Waals surface area contributed by atoms with Crippen molar-refractivity contribution in [1.82, 2.24) is 14.8 Å². The Bertz CT molecular complexity index is 861. The van der Waals surface area contributed by atoms with Gasteiger partial charge in [-0.25, -0.2) is 14.6 Å². The third kappa shape index (κ3) is 12.8. The Kier molecular flexibility index (Phi) is 13.9. The second kappa shape index (κ2) is 15.8. The predicted octanol–water partition coefficient (Wildman–Crippen LogP) is 3.78. The molecule has 0 amide bonds. The molecule has 224 valence electrons. The maximum Gasteiger partial charge on any atom is 0.490 e. The molecule has 3 rings (SSSR count). The molecule has 1 saturated carbocycles. The van der Waals surface area contributed by atoms with Gasteiger partial charge in [-0.15, -0.1) is 0 Å². The van der Waals surface area contributed by atoms with Crippen LogP contribution in [0, 0.1) is 17.8 Å². The van der Waals surface area contributed by atoms with Gasteiger partial charge in [0.15, 0.2) is 0 Å². The van der Waals surface area contributed by atoms with Crippen molar-refractivity contribution in [1.29, 1.82) is 0 Å². The van der Waals surface area contributed by atoms with Crippen molar-refractivity contribution in [3.8, 4) is 5.88 Å². The summed E-state index contributed by atoms with van der Waals surface area (Å²) in [6.07, 6.45) is -4.03. The number of likely N-dealkylation sites (N-methyl/N-ethyl adjacent to an activating group) is 1. The summed E-state index contributed by atoms with van der Waals surface area (Å²) in [6, 6.07) is 4.11. The van der Waals surface area contributed by atoms with Crippen LogP contribution in [0.25, 0.3) is 0 Å². The van der Waals surface area contributed by atoms with Crippen LogP contribution in [0.3, 0.4) is 0 Å². The van der Waals surface area contributed by atoms with Gasteiger partial charge in [0.05, 0.1) is 13.7 Å². The smallest absolute Gasteiger partial charge is 0.481 e. The van der Waals surface area contributed by atoms with Crippen LogP contribution in [0.15, 0.2) is 18.3 Å². The molecule has 15 heteroatoms. The molecular formula is C24H35F6N3O6. The molecular weight excluding hydrogens is 540 g/mol. The minimum atomic E-state index is -5.08. The molecule has 0 radical (unpaired) electrons. The monoisotopic (exact) mass is 575 g/mol. The van der Waals surface area contributed by atoms with Crippen molar-refractivity contribution < 1.29 is 55.6 Å². The van der Waals surface area contributed by atoms with Crippen molar-refractivity contribution >= 4 is 11.9 Å². The first-order valence-electron chi connectivity index (χ1n) is 12.1. The highest BCUT2D eigenvalue weighted by molar-refractivity contribution is 5.73. The van der Waals surface area contributed by atoms with Crippen LogP contribution in [-0.2, 0) is 20.9 Å². The molecule has 3 atom stereocenters. The number of hydrogen-bond acceptors (Lipinski definition) is 7. The van der Waals surface area contributed by atoms with Crippen molar-refractivity contribution in [3.63, 3.8) is 0 Å². The van der Waals surface area contributed by atoms with E-state index in [1.54, 1.807) is 14.2 Å². The summed E-state index contributed by atoms with van der Waals surface area (Å²) in [4.78, 5) is 27.2. The van der Waals surface area contributed by atoms with Crippen molar-refractivity contribution in [2.45, 2.75) is 38.2 Å². The van der Waals surface area contributed by atoms with E-state index in [0.29, 0.717) is 5.88 Å². The fourth-order valence-electron chi connectivity index (χ4n) is 4.66. The maximum absolute atomic E-state index is 10.6. The zero-order valence-electron chi connectivity index (χ0n) is 22.0. The maximum atomic E-state index is 10.6. The zero-order chi connectivity index (χ0) is 29.8. The van der Waals surface area contributed by atoms with Gasteiger partial charge in [0.25, 0.3) is 0 Å². The molecule has 1 saturated heterocycles. The summed E-state index contributed by atoms with van der Waals surface area (Å²) < 4.78 is 73.9. The Morgan fingerprint density at radius 2 is 1.64 bits per heavy atom. The third-order valence-electron chi connectivity index (χ3n) is 6.44. The van der Waals surface area contributed by atoms with Gasteiger partial charge in [0, 0.05) is 52.1 Å². The van der Waals surface area contributed by atoms with Gasteiger partial charge in [0.1, 0.15) is 0 Å². The Morgan fingerprint density at radius 3 is 2.10 bits per heavy atom. The average molecular weight is 576 g/mol. The first-order chi connectivity index (χ1) is 18.1. The van der Waals surface area contributed by atoms with Crippen molar-refractivity contribution in [2.75, 3.05) is 54.1 Å². The highest BCUT2D eigenvalue weighted by atomic mass is 19.4. The molecule has 2 heterocycles. The number of carboxylic acid groups (broad SMARTS) is 2. The molecule has 1 aromatic heterocycles. The lowest BCUT2D eigenvalue weighted by Crippen LogP contribution is -2.37. The van der Waals surface area contributed by atoms with Gasteiger partial charge < -0.3 is 24.6 Å². The van der Waals surface area contributed by atoms with Crippen molar-refractivity contribution in [3.05, 3.63) is 23.9 Å². The Hall–Kier alpha value is -2.65. The van der Waals surface area contributed by atoms with Crippen LogP contribution in [0.2, 0.25) is 0 Å². The van der Waals surface area contributed by atoms with Gasteiger partial charge in [0.2, 0.25) is 5.88 Å². The van der Waals surface area contributed by atoms with E-state index in [2.05, 4.69) is 27.9 Å². The molecule has 0 unspecified atom stereocenters. The fourth-order valence-corrected chi connectivity index (χ4v) is 4.66. The summed E-state index contributed by atoms with van der Waals surface area (Å²) in [5.41, 5.74) is 1.29. The standard InChI is InChI=1S/C20H33N3O2.2C2HF3O2/c1-22(9-10-24-2)13-17-5-4-6-18-14-23(15-19(17)18)12-16-7-8-20(25-3)21-11-16;2*3-2(4,5)1(6)7/h7-8,11,17-19H,4-6,9-10,12-15H2,1-3H3;2*(H,6,7)/t17-,18+,19+;;/m0../s1. The number of nitrogens with zero attached hydrogens (tertiary/aromatic N) is 3. The number of hydrogen-bond donors (Lipinski definition) is 2. The van der Waals surface area contributed by atoms with E-state index < -0.39 is 24.3 Å². The quantitative estimate of drug-likeness (QED) is 0.448. The highest BCUT2D eigenvalue weighted by Crippen LogP contribution is 2.40. The fraction of sp³-hybridized carbons (Fsp3) is 0.708. The van der Waals surface area contributed by atoms with Gasteiger partial charge in [-0.2, -0.15) is 26.3 Å². The Morgan fingerprint density at radius 1 is 1.05 bits per heavy atom. The molecule has 2 N–H and O–H groups in total. The number of aliphatic carboxylic acids is 2. The van der Waals surface area contributed by atoms with Crippen LogP contribution < -0.4 is 4.74 Å². The van der Waals surface area contributed by atoms with E-state index in [0.717, 1.165) is 37.5 Å². The number of aromatic nitrogens is 1. The lowest BCUT2D eigenvalue weighted by Gasteiger charge is -2.35. The summed E-state index contributed by atoms with van der Waals surface area (Å²) in [5.74, 6) is -2.26. The lowest BCUT2D eigenvalue weighted by molar-refractivity contribution is -0.193. The molecule has 2 aliphatic rings. The van der Waals surface area contributed by atoms with Crippen LogP contribution in [0.1, 0.15) is 24.8 Å². The molecule has 1 aliphatic heterocycles. The highest BCUT2D eigenvalue weighted by Gasteiger charge is 2.40. The minimum absolute atomic E-state index is 0.693. The van der Waals surface area contributed by atoms with Crippen LogP contribution in [0.5, 0.6) is 5.88 Å². The summed E-state index contributed by atoms with van der Waals surface area (Å²) in [7, 11) is 5.68. The normalized spacial score (nSPS) is 21.2.